The maximum Gasteiger partial charge on any atom is 0.266 e. The van der Waals surface area contributed by atoms with Crippen molar-refractivity contribution in [2.45, 2.75) is 107 Å². The predicted molar refractivity (Wildman–Crippen MR) is 321 cm³/mol. The van der Waals surface area contributed by atoms with Crippen molar-refractivity contribution in [2.75, 3.05) is 13.1 Å². The monoisotopic (exact) mass is 1110 g/mol. The number of rotatable bonds is 18. The summed E-state index contributed by atoms with van der Waals surface area (Å²) < 4.78 is 3.83. The molecule has 6 nitrogen and oxygen atoms in total. The van der Waals surface area contributed by atoms with Gasteiger partial charge < -0.3 is 0 Å². The Morgan fingerprint density at radius 1 is 0.514 bits per heavy atom. The molecule has 2 fully saturated rings. The highest BCUT2D eigenvalue weighted by Crippen LogP contribution is 2.50. The third kappa shape index (κ3) is 9.88. The van der Waals surface area contributed by atoms with E-state index in [2.05, 4.69) is 78.0 Å². The molecule has 0 spiro atoms. The molecule has 0 atom stereocenters. The molecule has 7 aromatic rings. The van der Waals surface area contributed by atoms with Crippen molar-refractivity contribution in [3.63, 3.8) is 0 Å². The maximum absolute atomic E-state index is 12.8. The summed E-state index contributed by atoms with van der Waals surface area (Å²) in [6.07, 6.45) is 19.7. The van der Waals surface area contributed by atoms with Gasteiger partial charge in [0, 0.05) is 42.4 Å². The highest BCUT2D eigenvalue weighted by molar-refractivity contribution is 8.27. The van der Waals surface area contributed by atoms with Crippen LogP contribution in [0.5, 0.6) is 0 Å². The first kappa shape index (κ1) is 51.5. The molecule has 362 valence electrons. The van der Waals surface area contributed by atoms with Crippen LogP contribution in [0.2, 0.25) is 0 Å². The van der Waals surface area contributed by atoms with Crippen LogP contribution in [0.15, 0.2) is 58.4 Å². The molecule has 0 radical (unpaired) electrons. The molecule has 0 unspecified atom stereocenters. The molecule has 70 heavy (non-hydrogen) atoms. The van der Waals surface area contributed by atoms with E-state index in [-0.39, 0.29) is 11.8 Å². The van der Waals surface area contributed by atoms with Crippen molar-refractivity contribution >= 4 is 169 Å². The highest BCUT2D eigenvalue weighted by atomic mass is 32.2. The number of hydrogen-bond acceptors (Lipinski definition) is 14. The second-order valence-electron chi connectivity index (χ2n) is 16.8. The second kappa shape index (κ2) is 22.4. The molecular weight excluding hydrogens is 1060 g/mol. The van der Waals surface area contributed by atoms with Crippen molar-refractivity contribution < 1.29 is 9.59 Å². The molecule has 16 heteroatoms. The van der Waals surface area contributed by atoms with E-state index in [1.54, 1.807) is 9.80 Å². The van der Waals surface area contributed by atoms with Gasteiger partial charge >= 0.3 is 0 Å². The van der Waals surface area contributed by atoms with Gasteiger partial charge in [0.1, 0.15) is 18.7 Å². The molecule has 0 N–H and O–H groups in total. The summed E-state index contributed by atoms with van der Waals surface area (Å²) in [4.78, 5) is 51.5. The quantitative estimate of drug-likeness (QED) is 0.0622. The maximum atomic E-state index is 12.8. The van der Waals surface area contributed by atoms with Gasteiger partial charge in [0.05, 0.1) is 40.0 Å². The van der Waals surface area contributed by atoms with E-state index in [1.165, 1.54) is 105 Å². The van der Waals surface area contributed by atoms with Crippen LogP contribution in [0.25, 0.3) is 71.9 Å². The number of thioether (sulfide) groups is 2. The largest absolute Gasteiger partial charge is 0.293 e. The summed E-state index contributed by atoms with van der Waals surface area (Å²) in [6.45, 7) is 18.6. The number of nitrogens with zero attached hydrogens (tertiary/aromatic N) is 4. The summed E-state index contributed by atoms with van der Waals surface area (Å²) in [7, 11) is 0. The van der Waals surface area contributed by atoms with Gasteiger partial charge in [-0.05, 0) is 134 Å². The number of thiocarbonyl (C=S) groups is 2. The van der Waals surface area contributed by atoms with E-state index in [9.17, 15) is 9.59 Å². The Kier molecular flexibility index (Phi) is 16.4. The molecule has 9 rings (SSSR count). The molecule has 2 aliphatic heterocycles. The van der Waals surface area contributed by atoms with E-state index in [0.717, 1.165) is 72.4 Å². The summed E-state index contributed by atoms with van der Waals surface area (Å²) in [5.74, 6) is -0.0209. The van der Waals surface area contributed by atoms with Gasteiger partial charge in [-0.3, -0.25) is 19.4 Å². The number of allylic oxidation sites excluding steroid dienone is 4. The van der Waals surface area contributed by atoms with Crippen molar-refractivity contribution in [3.8, 4) is 39.3 Å². The zero-order valence-electron chi connectivity index (χ0n) is 40.5. The normalized spacial score (nSPS) is 15.9. The molecule has 0 bridgehead atoms. The number of thiophene rings is 4. The summed E-state index contributed by atoms with van der Waals surface area (Å²) in [6, 6.07) is 9.39. The number of benzene rings is 1. The highest BCUT2D eigenvalue weighted by Gasteiger charge is 2.32. The van der Waals surface area contributed by atoms with Crippen molar-refractivity contribution in [1.82, 2.24) is 19.8 Å². The smallest absolute Gasteiger partial charge is 0.266 e. The van der Waals surface area contributed by atoms with Gasteiger partial charge in [0.25, 0.3) is 11.8 Å². The van der Waals surface area contributed by atoms with Crippen LogP contribution in [-0.4, -0.2) is 53.3 Å². The molecule has 2 saturated heterocycles. The lowest BCUT2D eigenvalue weighted by molar-refractivity contribution is -0.122. The molecular formula is C54H54N4O2S10. The van der Waals surface area contributed by atoms with Gasteiger partial charge in [-0.1, -0.05) is 114 Å². The van der Waals surface area contributed by atoms with E-state index in [1.807, 2.05) is 106 Å². The minimum absolute atomic E-state index is 0.0104. The third-order valence-corrected chi connectivity index (χ3v) is 22.7. The van der Waals surface area contributed by atoms with Crippen LogP contribution in [0.1, 0.15) is 111 Å². The topological polar surface area (TPSA) is 66.4 Å². The first-order chi connectivity index (χ1) is 34.0. The minimum Gasteiger partial charge on any atom is -0.293 e. The molecule has 2 amide bonds. The van der Waals surface area contributed by atoms with Crippen LogP contribution < -0.4 is 0 Å². The van der Waals surface area contributed by atoms with Crippen LogP contribution >= 0.6 is 116 Å². The number of carbonyl (C=O) groups excluding carboxylic acids is 2. The van der Waals surface area contributed by atoms with Crippen molar-refractivity contribution in [1.29, 1.82) is 0 Å². The van der Waals surface area contributed by atoms with E-state index < -0.39 is 0 Å². The number of fused-ring (bicyclic) bond motifs is 2. The lowest BCUT2D eigenvalue weighted by Crippen LogP contribution is -2.27. The lowest BCUT2D eigenvalue weighted by Gasteiger charge is -2.09. The van der Waals surface area contributed by atoms with Crippen LogP contribution in [0.3, 0.4) is 0 Å². The van der Waals surface area contributed by atoms with Crippen molar-refractivity contribution in [2.24, 2.45) is 0 Å². The average molecular weight is 1110 g/mol. The SMILES string of the molecule is CCCc1c2nc(-c3cc(CC)c(-c4sc(/C=C/C=C5\SC(=S)N(CC)C5=O)cc4CC)s3)sc2c(CCC)c2nc(-c3cc(CC)c(-c4sc(/C=C/C=C5\SC(=S)N(CC)C5=O)cc4CC)s3)sc12. The molecule has 6 aromatic heterocycles. The zero-order valence-corrected chi connectivity index (χ0v) is 48.7. The van der Waals surface area contributed by atoms with Crippen molar-refractivity contribution in [3.05, 3.63) is 102 Å². The van der Waals surface area contributed by atoms with Crippen LogP contribution in [0.4, 0.5) is 0 Å². The number of likely N-dealkylation sites (N-methyl/N-ethyl adjacent to an activating group) is 2. The first-order valence-corrected chi connectivity index (χ1v) is 31.4. The Balaban J connectivity index is 1.05. The van der Waals surface area contributed by atoms with Gasteiger partial charge in [-0.25, -0.2) is 9.97 Å². The second-order valence-corrected chi connectivity index (χ2v) is 26.4. The summed E-state index contributed by atoms with van der Waals surface area (Å²) in [5, 5.41) is 2.18. The zero-order chi connectivity index (χ0) is 49.4. The fraction of sp³-hybridized carbons (Fsp3) is 0.333. The number of aryl methyl sites for hydroxylation is 6. The Morgan fingerprint density at radius 2 is 0.886 bits per heavy atom. The number of hydrogen-bond donors (Lipinski definition) is 0. The van der Waals surface area contributed by atoms with Crippen LogP contribution in [-0.2, 0) is 48.1 Å². The molecule has 0 saturated carbocycles. The average Bonchev–Trinajstić information content (AvgIpc) is 4.23. The predicted octanol–water partition coefficient (Wildman–Crippen LogP) is 17.5. The number of amides is 2. The van der Waals surface area contributed by atoms with Crippen LogP contribution in [0, 0.1) is 0 Å². The van der Waals surface area contributed by atoms with Gasteiger partial charge in [0.15, 0.2) is 0 Å². The number of aromatic nitrogens is 2. The van der Waals surface area contributed by atoms with E-state index >= 15 is 0 Å². The Morgan fingerprint density at radius 3 is 1.23 bits per heavy atom. The van der Waals surface area contributed by atoms with E-state index in [4.69, 9.17) is 34.4 Å². The van der Waals surface area contributed by atoms with Gasteiger partial charge in [0.2, 0.25) is 0 Å². The first-order valence-electron chi connectivity index (χ1n) is 24.1. The molecule has 2 aliphatic rings. The molecule has 8 heterocycles. The molecule has 1 aromatic carbocycles. The Hall–Kier alpha value is -3.42. The van der Waals surface area contributed by atoms with Gasteiger partial charge in [-0.15, -0.1) is 68.0 Å². The Labute approximate surface area is 454 Å². The third-order valence-electron chi connectivity index (χ3n) is 12.4. The standard InChI is InChI=1S/C54H54N4O2S10/c1-9-19-35-41-48(70-49(55-41)39-27-31(13-5)45(65-39)43-29(11-3)25-33(63-43)21-17-23-37-51(59)57(15-7)53(61)67-37)36(20-10-2)42-47(35)69-50(56-42)40-28-32(14-6)46(66-40)44-30(12-4)26-34(64-44)22-18-24-38-52(60)58(16-8)54(62)68-38/h17-18,21-28H,9-16,19-20H2,1-8H3/b21-17+,22-18+,37-23-,38-24-. The van der Waals surface area contributed by atoms with E-state index in [0.29, 0.717) is 31.5 Å². The Bertz CT molecular complexity index is 3050. The summed E-state index contributed by atoms with van der Waals surface area (Å²) >= 11 is 24.7. The number of thiazole rings is 2. The number of carbonyl (C=O) groups is 2. The van der Waals surface area contributed by atoms with Gasteiger partial charge in [-0.2, -0.15) is 0 Å². The fourth-order valence-corrected chi connectivity index (χ4v) is 19.2. The molecule has 0 aliphatic carbocycles. The fourth-order valence-electron chi connectivity index (χ4n) is 8.83. The lowest BCUT2D eigenvalue weighted by atomic mass is 10.0. The summed E-state index contributed by atoms with van der Waals surface area (Å²) in [5.41, 5.74) is 10.4. The minimum atomic E-state index is -0.0104.